The highest BCUT2D eigenvalue weighted by Gasteiger charge is 2.28. The predicted molar refractivity (Wildman–Crippen MR) is 60.3 cm³/mol. The van der Waals surface area contributed by atoms with Gasteiger partial charge in [-0.2, -0.15) is 0 Å². The van der Waals surface area contributed by atoms with E-state index in [1.807, 2.05) is 0 Å². The van der Waals surface area contributed by atoms with Crippen molar-refractivity contribution in [2.75, 3.05) is 0 Å². The summed E-state index contributed by atoms with van der Waals surface area (Å²) in [4.78, 5) is 14.4. The zero-order valence-corrected chi connectivity index (χ0v) is 8.89. The van der Waals surface area contributed by atoms with E-state index in [4.69, 9.17) is 0 Å². The molecule has 17 heavy (non-hydrogen) atoms. The van der Waals surface area contributed by atoms with Gasteiger partial charge in [0.05, 0.1) is 16.1 Å². The molecule has 1 aromatic carbocycles. The fourth-order valence-corrected chi connectivity index (χ4v) is 1.91. The molecule has 0 bridgehead atoms. The lowest BCUT2D eigenvalue weighted by Gasteiger charge is -2.03. The second-order valence-electron chi connectivity index (χ2n) is 4.26. The first-order chi connectivity index (χ1) is 8.15. The molecule has 0 radical (unpaired) electrons. The Kier molecular flexibility index (Phi) is 2.07. The fourth-order valence-electron chi connectivity index (χ4n) is 1.91. The molecule has 86 valence electrons. The summed E-state index contributed by atoms with van der Waals surface area (Å²) in [6, 6.07) is 5.65. The minimum atomic E-state index is -0.494. The molecule has 0 spiro atoms. The number of nitro groups is 1. The highest BCUT2D eigenvalue weighted by atomic mass is 19.1. The molecule has 0 unspecified atom stereocenters. The highest BCUT2D eigenvalue weighted by Crippen LogP contribution is 2.40. The van der Waals surface area contributed by atoms with Crippen LogP contribution in [0.2, 0.25) is 0 Å². The van der Waals surface area contributed by atoms with E-state index in [1.54, 1.807) is 6.07 Å². The number of fused-ring (bicyclic) bond motifs is 1. The van der Waals surface area contributed by atoms with E-state index >= 15 is 0 Å². The summed E-state index contributed by atoms with van der Waals surface area (Å²) < 4.78 is 13.7. The zero-order valence-electron chi connectivity index (χ0n) is 8.89. The van der Waals surface area contributed by atoms with Crippen molar-refractivity contribution in [2.24, 2.45) is 0 Å². The normalized spacial score (nSPS) is 15.1. The first-order valence-corrected chi connectivity index (χ1v) is 5.40. The minimum absolute atomic E-state index is 0.0436. The summed E-state index contributed by atoms with van der Waals surface area (Å²) in [6.07, 6.45) is 1.95. The average Bonchev–Trinajstić information content (AvgIpc) is 3.11. The molecule has 1 fully saturated rings. The molecule has 0 atom stereocenters. The van der Waals surface area contributed by atoms with E-state index in [0.29, 0.717) is 16.6 Å². The van der Waals surface area contributed by atoms with Crippen molar-refractivity contribution in [2.45, 2.75) is 18.8 Å². The van der Waals surface area contributed by atoms with E-state index < -0.39 is 4.92 Å². The molecule has 4 nitrogen and oxygen atoms in total. The van der Waals surface area contributed by atoms with Gasteiger partial charge in [0.25, 0.3) is 5.69 Å². The number of hydrogen-bond acceptors (Lipinski definition) is 3. The van der Waals surface area contributed by atoms with Crippen LogP contribution < -0.4 is 0 Å². The first-order valence-electron chi connectivity index (χ1n) is 5.40. The highest BCUT2D eigenvalue weighted by molar-refractivity contribution is 5.81. The Bertz CT molecular complexity index is 623. The van der Waals surface area contributed by atoms with E-state index in [1.165, 1.54) is 18.2 Å². The number of nitrogens with zero attached hydrogens (tertiary/aromatic N) is 2. The summed E-state index contributed by atoms with van der Waals surface area (Å²) >= 11 is 0. The molecule has 5 heteroatoms. The molecule has 0 N–H and O–H groups in total. The molecular weight excluding hydrogens is 223 g/mol. The van der Waals surface area contributed by atoms with Crippen LogP contribution in [0.25, 0.3) is 10.9 Å². The van der Waals surface area contributed by atoms with Gasteiger partial charge in [-0.15, -0.1) is 0 Å². The standard InChI is InChI=1S/C12H9FN2O2/c13-10-6-8-5-9(15(16)17)3-4-11(8)14-12(10)7-1-2-7/h3-7H,1-2H2. The predicted octanol–water partition coefficient (Wildman–Crippen LogP) is 3.16. The Morgan fingerprint density at radius 1 is 1.35 bits per heavy atom. The largest absolute Gasteiger partial charge is 0.270 e. The number of pyridine rings is 1. The van der Waals surface area contributed by atoms with Crippen molar-refractivity contribution in [3.05, 3.63) is 45.9 Å². The summed E-state index contributed by atoms with van der Waals surface area (Å²) in [5.41, 5.74) is 1.06. The number of rotatable bonds is 2. The lowest BCUT2D eigenvalue weighted by atomic mass is 10.1. The topological polar surface area (TPSA) is 56.0 Å². The molecule has 0 aliphatic heterocycles. The van der Waals surface area contributed by atoms with Gasteiger partial charge >= 0.3 is 0 Å². The van der Waals surface area contributed by atoms with Crippen LogP contribution in [0.15, 0.2) is 24.3 Å². The van der Waals surface area contributed by atoms with E-state index in [9.17, 15) is 14.5 Å². The fraction of sp³-hybridized carbons (Fsp3) is 0.250. The van der Waals surface area contributed by atoms with E-state index in [-0.39, 0.29) is 17.4 Å². The Morgan fingerprint density at radius 3 is 2.76 bits per heavy atom. The molecule has 1 heterocycles. The Balaban J connectivity index is 2.18. The third-order valence-electron chi connectivity index (χ3n) is 2.95. The van der Waals surface area contributed by atoms with Gasteiger partial charge in [0.1, 0.15) is 5.82 Å². The molecule has 3 rings (SSSR count). The van der Waals surface area contributed by atoms with Crippen LogP contribution in [0.3, 0.4) is 0 Å². The third-order valence-corrected chi connectivity index (χ3v) is 2.95. The zero-order chi connectivity index (χ0) is 12.0. The van der Waals surface area contributed by atoms with Gasteiger partial charge in [-0.3, -0.25) is 10.1 Å². The van der Waals surface area contributed by atoms with Crippen molar-refractivity contribution in [3.8, 4) is 0 Å². The van der Waals surface area contributed by atoms with Crippen molar-refractivity contribution in [1.29, 1.82) is 0 Å². The number of halogens is 1. The molecule has 0 saturated heterocycles. The Morgan fingerprint density at radius 2 is 2.12 bits per heavy atom. The smallest absolute Gasteiger partial charge is 0.258 e. The van der Waals surface area contributed by atoms with Crippen LogP contribution in [0, 0.1) is 15.9 Å². The second kappa shape index (κ2) is 3.48. The molecule has 1 aliphatic carbocycles. The lowest BCUT2D eigenvalue weighted by molar-refractivity contribution is -0.384. The van der Waals surface area contributed by atoms with Crippen LogP contribution in [0.5, 0.6) is 0 Å². The summed E-state index contributed by atoms with van der Waals surface area (Å²) in [7, 11) is 0. The van der Waals surface area contributed by atoms with Gasteiger partial charge in [-0.1, -0.05) is 0 Å². The lowest BCUT2D eigenvalue weighted by Crippen LogP contribution is -1.94. The van der Waals surface area contributed by atoms with Crippen LogP contribution in [0.1, 0.15) is 24.5 Å². The van der Waals surface area contributed by atoms with Crippen molar-refractivity contribution < 1.29 is 9.31 Å². The molecule has 2 aromatic rings. The van der Waals surface area contributed by atoms with Crippen molar-refractivity contribution in [3.63, 3.8) is 0 Å². The SMILES string of the molecule is O=[N+]([O-])c1ccc2nc(C3CC3)c(F)cc2c1. The van der Waals surface area contributed by atoms with Gasteiger partial charge in [-0.05, 0) is 25.0 Å². The van der Waals surface area contributed by atoms with Crippen LogP contribution in [-0.4, -0.2) is 9.91 Å². The number of benzene rings is 1. The number of hydrogen-bond donors (Lipinski definition) is 0. The maximum atomic E-state index is 13.7. The van der Waals surface area contributed by atoms with Crippen LogP contribution in [0.4, 0.5) is 10.1 Å². The van der Waals surface area contributed by atoms with Crippen LogP contribution >= 0.6 is 0 Å². The maximum absolute atomic E-state index is 13.7. The van der Waals surface area contributed by atoms with Gasteiger partial charge in [0, 0.05) is 23.4 Å². The Hall–Kier alpha value is -2.04. The molecule has 1 aliphatic rings. The molecule has 1 aromatic heterocycles. The van der Waals surface area contributed by atoms with Gasteiger partial charge in [0.15, 0.2) is 0 Å². The quantitative estimate of drug-likeness (QED) is 0.590. The van der Waals surface area contributed by atoms with Crippen LogP contribution in [-0.2, 0) is 0 Å². The van der Waals surface area contributed by atoms with Gasteiger partial charge < -0.3 is 0 Å². The molecule has 1 saturated carbocycles. The van der Waals surface area contributed by atoms with E-state index in [0.717, 1.165) is 12.8 Å². The maximum Gasteiger partial charge on any atom is 0.270 e. The average molecular weight is 232 g/mol. The van der Waals surface area contributed by atoms with E-state index in [2.05, 4.69) is 4.98 Å². The number of aromatic nitrogens is 1. The monoisotopic (exact) mass is 232 g/mol. The Labute approximate surface area is 96.2 Å². The number of nitro benzene ring substituents is 1. The summed E-state index contributed by atoms with van der Waals surface area (Å²) in [5, 5.41) is 11.1. The summed E-state index contributed by atoms with van der Waals surface area (Å²) in [6.45, 7) is 0. The van der Waals surface area contributed by atoms with Crippen molar-refractivity contribution >= 4 is 16.6 Å². The second-order valence-corrected chi connectivity index (χ2v) is 4.26. The number of non-ortho nitro benzene ring substituents is 1. The molecular formula is C12H9FN2O2. The third kappa shape index (κ3) is 1.73. The van der Waals surface area contributed by atoms with Crippen molar-refractivity contribution in [1.82, 2.24) is 4.98 Å². The first kappa shape index (κ1) is 10.1. The summed E-state index contributed by atoms with van der Waals surface area (Å²) in [5.74, 6) is -0.130. The van der Waals surface area contributed by atoms with Gasteiger partial charge in [0.2, 0.25) is 0 Å². The minimum Gasteiger partial charge on any atom is -0.258 e. The molecule has 0 amide bonds. The van der Waals surface area contributed by atoms with Gasteiger partial charge in [-0.25, -0.2) is 9.37 Å².